The largest absolute Gasteiger partial charge is 0.341 e. The Labute approximate surface area is 172 Å². The zero-order valence-electron chi connectivity index (χ0n) is 17.1. The van der Waals surface area contributed by atoms with Crippen LogP contribution in [0.15, 0.2) is 48.7 Å². The molecule has 29 heavy (non-hydrogen) atoms. The van der Waals surface area contributed by atoms with Gasteiger partial charge >= 0.3 is 0 Å². The normalized spacial score (nSPS) is 15.0. The van der Waals surface area contributed by atoms with E-state index in [0.29, 0.717) is 6.54 Å². The summed E-state index contributed by atoms with van der Waals surface area (Å²) in [5.41, 5.74) is 3.02. The molecule has 154 valence electrons. The molecule has 2 heterocycles. The molecular weight excluding hydrogens is 364 g/mol. The number of hydrogen-bond acceptors (Lipinski definition) is 4. The van der Waals surface area contributed by atoms with Crippen LogP contribution < -0.4 is 5.32 Å². The third-order valence-electron chi connectivity index (χ3n) is 5.24. The molecule has 1 aliphatic heterocycles. The number of nitrogens with zero attached hydrogens (tertiary/aromatic N) is 3. The second-order valence-electron chi connectivity index (χ2n) is 7.43. The first-order valence-corrected chi connectivity index (χ1v) is 10.4. The van der Waals surface area contributed by atoms with Crippen LogP contribution in [0, 0.1) is 0 Å². The van der Waals surface area contributed by atoms with Gasteiger partial charge in [0.1, 0.15) is 0 Å². The second-order valence-corrected chi connectivity index (χ2v) is 7.43. The minimum Gasteiger partial charge on any atom is -0.341 e. The molecule has 3 rings (SSSR count). The highest BCUT2D eigenvalue weighted by Gasteiger charge is 2.20. The molecule has 0 saturated carbocycles. The highest BCUT2D eigenvalue weighted by atomic mass is 16.2. The van der Waals surface area contributed by atoms with Crippen molar-refractivity contribution in [2.24, 2.45) is 0 Å². The van der Waals surface area contributed by atoms with Gasteiger partial charge in [-0.1, -0.05) is 25.1 Å². The summed E-state index contributed by atoms with van der Waals surface area (Å²) in [6.45, 7) is 6.12. The molecule has 6 nitrogen and oxygen atoms in total. The van der Waals surface area contributed by atoms with E-state index < -0.39 is 0 Å². The van der Waals surface area contributed by atoms with Gasteiger partial charge in [0.05, 0.1) is 5.69 Å². The first-order valence-electron chi connectivity index (χ1n) is 10.4. The number of aryl methyl sites for hydroxylation is 1. The smallest absolute Gasteiger partial charge is 0.224 e. The molecule has 0 spiro atoms. The van der Waals surface area contributed by atoms with Crippen molar-refractivity contribution in [3.63, 3.8) is 0 Å². The van der Waals surface area contributed by atoms with Gasteiger partial charge in [0, 0.05) is 57.4 Å². The maximum Gasteiger partial charge on any atom is 0.224 e. The number of pyridine rings is 1. The number of hydrogen-bond donors (Lipinski definition) is 1. The summed E-state index contributed by atoms with van der Waals surface area (Å²) < 4.78 is 0. The van der Waals surface area contributed by atoms with Gasteiger partial charge in [-0.25, -0.2) is 0 Å². The number of aromatic nitrogens is 1. The standard InChI is InChI=1S/C23H30N4O2/c1-2-19-7-5-9-20(17-19)25-22(28)10-11-23(29)27-14-6-13-26(15-16-27)18-21-8-3-4-12-24-21/h3-5,7-9,12,17H,2,6,10-11,13-16,18H2,1H3,(H,25,28). The summed E-state index contributed by atoms with van der Waals surface area (Å²) in [5.74, 6) is -0.0552. The molecule has 1 aliphatic rings. The number of nitrogens with one attached hydrogen (secondary N) is 1. The average molecular weight is 395 g/mol. The van der Waals surface area contributed by atoms with Gasteiger partial charge in [-0.3, -0.25) is 19.5 Å². The third kappa shape index (κ3) is 6.68. The van der Waals surface area contributed by atoms with Crippen molar-refractivity contribution in [1.29, 1.82) is 0 Å². The molecule has 1 saturated heterocycles. The maximum absolute atomic E-state index is 12.6. The van der Waals surface area contributed by atoms with Gasteiger partial charge in [-0.05, 0) is 42.7 Å². The number of carbonyl (C=O) groups excluding carboxylic acids is 2. The van der Waals surface area contributed by atoms with Crippen molar-refractivity contribution in [3.05, 3.63) is 59.9 Å². The van der Waals surface area contributed by atoms with Crippen LogP contribution in [0.1, 0.15) is 37.4 Å². The Morgan fingerprint density at radius 3 is 2.72 bits per heavy atom. The molecule has 0 bridgehead atoms. The number of benzene rings is 1. The van der Waals surface area contributed by atoms with E-state index in [1.165, 1.54) is 5.56 Å². The molecule has 0 aliphatic carbocycles. The zero-order chi connectivity index (χ0) is 20.5. The van der Waals surface area contributed by atoms with Crippen LogP contribution in [0.3, 0.4) is 0 Å². The maximum atomic E-state index is 12.6. The van der Waals surface area contributed by atoms with Crippen molar-refractivity contribution in [3.8, 4) is 0 Å². The molecule has 1 N–H and O–H groups in total. The van der Waals surface area contributed by atoms with E-state index in [-0.39, 0.29) is 24.7 Å². The second kappa shape index (κ2) is 10.7. The van der Waals surface area contributed by atoms with Gasteiger partial charge in [-0.15, -0.1) is 0 Å². The van der Waals surface area contributed by atoms with Crippen molar-refractivity contribution in [2.45, 2.75) is 39.2 Å². The number of anilines is 1. The SMILES string of the molecule is CCc1cccc(NC(=O)CCC(=O)N2CCCN(Cc3ccccn3)CC2)c1. The predicted molar refractivity (Wildman–Crippen MR) is 114 cm³/mol. The van der Waals surface area contributed by atoms with E-state index in [4.69, 9.17) is 0 Å². The van der Waals surface area contributed by atoms with Crippen molar-refractivity contribution >= 4 is 17.5 Å². The van der Waals surface area contributed by atoms with Crippen molar-refractivity contribution < 1.29 is 9.59 Å². The Kier molecular flexibility index (Phi) is 7.76. The number of rotatable bonds is 7. The monoisotopic (exact) mass is 394 g/mol. The van der Waals surface area contributed by atoms with Crippen LogP contribution >= 0.6 is 0 Å². The van der Waals surface area contributed by atoms with E-state index in [0.717, 1.165) is 50.4 Å². The Hall–Kier alpha value is -2.73. The molecule has 0 radical (unpaired) electrons. The van der Waals surface area contributed by atoms with E-state index in [2.05, 4.69) is 22.1 Å². The van der Waals surface area contributed by atoms with E-state index in [1.807, 2.05) is 53.6 Å². The van der Waals surface area contributed by atoms with Crippen molar-refractivity contribution in [1.82, 2.24) is 14.8 Å². The van der Waals surface area contributed by atoms with E-state index in [9.17, 15) is 9.59 Å². The highest BCUT2D eigenvalue weighted by molar-refractivity contribution is 5.93. The predicted octanol–water partition coefficient (Wildman–Crippen LogP) is 3.10. The van der Waals surface area contributed by atoms with Gasteiger partial charge in [0.15, 0.2) is 0 Å². The first-order chi connectivity index (χ1) is 14.1. The molecular formula is C23H30N4O2. The quantitative estimate of drug-likeness (QED) is 0.784. The Morgan fingerprint density at radius 1 is 1.03 bits per heavy atom. The van der Waals surface area contributed by atoms with Crippen LogP contribution in [0.2, 0.25) is 0 Å². The molecule has 1 aromatic carbocycles. The zero-order valence-corrected chi connectivity index (χ0v) is 17.1. The van der Waals surface area contributed by atoms with Gasteiger partial charge in [0.25, 0.3) is 0 Å². The average Bonchev–Trinajstić information content (AvgIpc) is 2.98. The summed E-state index contributed by atoms with van der Waals surface area (Å²) in [4.78, 5) is 33.4. The van der Waals surface area contributed by atoms with Crippen LogP contribution in [0.25, 0.3) is 0 Å². The molecule has 2 amide bonds. The van der Waals surface area contributed by atoms with Crippen molar-refractivity contribution in [2.75, 3.05) is 31.5 Å². The third-order valence-corrected chi connectivity index (χ3v) is 5.24. The Morgan fingerprint density at radius 2 is 1.93 bits per heavy atom. The molecule has 0 unspecified atom stereocenters. The lowest BCUT2D eigenvalue weighted by atomic mass is 10.1. The summed E-state index contributed by atoms with van der Waals surface area (Å²) in [5, 5.41) is 2.90. The minimum atomic E-state index is -0.113. The number of carbonyl (C=O) groups is 2. The van der Waals surface area contributed by atoms with Crippen LogP contribution in [0.5, 0.6) is 0 Å². The van der Waals surface area contributed by atoms with E-state index in [1.54, 1.807) is 0 Å². The topological polar surface area (TPSA) is 65.5 Å². The Bertz CT molecular complexity index is 810. The fourth-order valence-corrected chi connectivity index (χ4v) is 3.57. The molecule has 2 aromatic rings. The Balaban J connectivity index is 1.42. The lowest BCUT2D eigenvalue weighted by Crippen LogP contribution is -2.35. The van der Waals surface area contributed by atoms with Crippen LogP contribution in [0.4, 0.5) is 5.69 Å². The van der Waals surface area contributed by atoms with Gasteiger partial charge < -0.3 is 10.2 Å². The lowest BCUT2D eigenvalue weighted by Gasteiger charge is -2.22. The molecule has 1 aromatic heterocycles. The summed E-state index contributed by atoms with van der Waals surface area (Å²) in [6.07, 6.45) is 4.14. The summed E-state index contributed by atoms with van der Waals surface area (Å²) in [6, 6.07) is 13.8. The fourth-order valence-electron chi connectivity index (χ4n) is 3.57. The van der Waals surface area contributed by atoms with E-state index >= 15 is 0 Å². The van der Waals surface area contributed by atoms with Gasteiger partial charge in [-0.2, -0.15) is 0 Å². The lowest BCUT2D eigenvalue weighted by molar-refractivity contribution is -0.132. The van der Waals surface area contributed by atoms with Crippen LogP contribution in [-0.2, 0) is 22.6 Å². The fraction of sp³-hybridized carbons (Fsp3) is 0.435. The summed E-state index contributed by atoms with van der Waals surface area (Å²) >= 11 is 0. The van der Waals surface area contributed by atoms with Gasteiger partial charge in [0.2, 0.25) is 11.8 Å². The number of amides is 2. The molecule has 6 heteroatoms. The van der Waals surface area contributed by atoms with Crippen LogP contribution in [-0.4, -0.2) is 52.8 Å². The molecule has 1 fully saturated rings. The minimum absolute atomic E-state index is 0.0575. The summed E-state index contributed by atoms with van der Waals surface area (Å²) in [7, 11) is 0. The highest BCUT2D eigenvalue weighted by Crippen LogP contribution is 2.13. The molecule has 0 atom stereocenters. The first kappa shape index (κ1) is 21.0.